The van der Waals surface area contributed by atoms with E-state index in [9.17, 15) is 9.59 Å². The van der Waals surface area contributed by atoms with Crippen molar-refractivity contribution in [2.24, 2.45) is 7.05 Å². The number of rotatable bonds is 6. The van der Waals surface area contributed by atoms with Crippen molar-refractivity contribution < 1.29 is 9.53 Å². The minimum atomic E-state index is -0.150. The van der Waals surface area contributed by atoms with Gasteiger partial charge in [-0.15, -0.1) is 0 Å². The maximum Gasteiger partial charge on any atom is 0.278 e. The van der Waals surface area contributed by atoms with Gasteiger partial charge >= 0.3 is 0 Å². The first kappa shape index (κ1) is 20.0. The highest BCUT2D eigenvalue weighted by molar-refractivity contribution is 7.99. The molecule has 1 amide bonds. The minimum Gasteiger partial charge on any atom is -0.497 e. The van der Waals surface area contributed by atoms with Crippen LogP contribution in [0.15, 0.2) is 58.5 Å². The molecule has 2 aromatic carbocycles. The molecular formula is C22H22N4O3S. The van der Waals surface area contributed by atoms with Crippen molar-refractivity contribution in [3.8, 4) is 5.75 Å². The number of hydrogen-bond donors (Lipinski definition) is 1. The van der Waals surface area contributed by atoms with Crippen LogP contribution in [0.1, 0.15) is 6.92 Å². The molecule has 4 rings (SSSR count). The highest BCUT2D eigenvalue weighted by Gasteiger charge is 2.19. The van der Waals surface area contributed by atoms with E-state index in [4.69, 9.17) is 9.72 Å². The van der Waals surface area contributed by atoms with Crippen molar-refractivity contribution in [2.45, 2.75) is 18.6 Å². The molecule has 0 atom stereocenters. The van der Waals surface area contributed by atoms with E-state index >= 15 is 0 Å². The summed E-state index contributed by atoms with van der Waals surface area (Å²) in [6, 6.07) is 15.0. The Morgan fingerprint density at radius 2 is 1.97 bits per heavy atom. The molecule has 0 fully saturated rings. The van der Waals surface area contributed by atoms with E-state index in [1.807, 2.05) is 67.1 Å². The fraction of sp³-hybridized carbons (Fsp3) is 0.227. The lowest BCUT2D eigenvalue weighted by atomic mass is 10.2. The number of nitrogens with zero attached hydrogens (tertiary/aromatic N) is 3. The monoisotopic (exact) mass is 422 g/mol. The summed E-state index contributed by atoms with van der Waals surface area (Å²) in [6.07, 6.45) is 0. The predicted molar refractivity (Wildman–Crippen MR) is 121 cm³/mol. The third-order valence-electron chi connectivity index (χ3n) is 4.97. The Bertz CT molecular complexity index is 1290. The van der Waals surface area contributed by atoms with Gasteiger partial charge < -0.3 is 14.6 Å². The number of benzene rings is 2. The van der Waals surface area contributed by atoms with Crippen LogP contribution in [0.2, 0.25) is 0 Å². The maximum absolute atomic E-state index is 13.2. The Hall–Kier alpha value is -3.26. The molecule has 2 aromatic heterocycles. The van der Waals surface area contributed by atoms with Gasteiger partial charge in [0.2, 0.25) is 5.91 Å². The lowest BCUT2D eigenvalue weighted by Crippen LogP contribution is -2.24. The van der Waals surface area contributed by atoms with Crippen molar-refractivity contribution in [1.82, 2.24) is 14.1 Å². The molecule has 1 N–H and O–H groups in total. The largest absolute Gasteiger partial charge is 0.497 e. The second kappa shape index (κ2) is 8.23. The van der Waals surface area contributed by atoms with Gasteiger partial charge in [0.1, 0.15) is 16.8 Å². The molecule has 0 saturated carbocycles. The van der Waals surface area contributed by atoms with Crippen LogP contribution in [0.5, 0.6) is 5.75 Å². The van der Waals surface area contributed by atoms with Crippen LogP contribution < -0.4 is 15.6 Å². The average Bonchev–Trinajstić information content (AvgIpc) is 3.04. The number of aromatic nitrogens is 3. The molecule has 4 aromatic rings. The SMILES string of the molecule is CCn1c(SCC(=O)Nc2ccccc2)nc2c3cc(OC)ccc3n(C)c2c1=O. The first-order valence-electron chi connectivity index (χ1n) is 9.58. The summed E-state index contributed by atoms with van der Waals surface area (Å²) >= 11 is 1.26. The van der Waals surface area contributed by atoms with Gasteiger partial charge in [-0.1, -0.05) is 30.0 Å². The number of anilines is 1. The highest BCUT2D eigenvalue weighted by atomic mass is 32.2. The van der Waals surface area contributed by atoms with E-state index in [0.717, 1.165) is 16.6 Å². The number of para-hydroxylation sites is 1. The average molecular weight is 423 g/mol. The van der Waals surface area contributed by atoms with Gasteiger partial charge in [-0.25, -0.2) is 4.98 Å². The third kappa shape index (κ3) is 3.54. The van der Waals surface area contributed by atoms with Gasteiger partial charge in [-0.2, -0.15) is 0 Å². The van der Waals surface area contributed by atoms with Crippen LogP contribution in [-0.4, -0.2) is 32.9 Å². The Morgan fingerprint density at radius 1 is 1.20 bits per heavy atom. The number of carbonyl (C=O) groups is 1. The van der Waals surface area contributed by atoms with Gasteiger partial charge in [0.15, 0.2) is 5.16 Å². The van der Waals surface area contributed by atoms with Gasteiger partial charge in [-0.05, 0) is 37.3 Å². The zero-order valence-corrected chi connectivity index (χ0v) is 17.8. The number of fused-ring (bicyclic) bond motifs is 3. The molecule has 0 unspecified atom stereocenters. The molecule has 0 bridgehead atoms. The van der Waals surface area contributed by atoms with Gasteiger partial charge in [0.25, 0.3) is 5.56 Å². The summed E-state index contributed by atoms with van der Waals surface area (Å²) in [5, 5.41) is 4.23. The second-order valence-corrected chi connectivity index (χ2v) is 7.73. The topological polar surface area (TPSA) is 78.2 Å². The van der Waals surface area contributed by atoms with Crippen LogP contribution in [0, 0.1) is 0 Å². The first-order valence-corrected chi connectivity index (χ1v) is 10.6. The normalized spacial score (nSPS) is 11.2. The summed E-state index contributed by atoms with van der Waals surface area (Å²) in [4.78, 5) is 30.4. The van der Waals surface area contributed by atoms with E-state index in [-0.39, 0.29) is 17.2 Å². The van der Waals surface area contributed by atoms with Crippen LogP contribution >= 0.6 is 11.8 Å². The van der Waals surface area contributed by atoms with Crippen molar-refractivity contribution in [1.29, 1.82) is 0 Å². The summed E-state index contributed by atoms with van der Waals surface area (Å²) in [5.74, 6) is 0.705. The van der Waals surface area contributed by atoms with E-state index in [2.05, 4.69) is 5.32 Å². The first-order chi connectivity index (χ1) is 14.5. The molecule has 0 spiro atoms. The summed E-state index contributed by atoms with van der Waals surface area (Å²) < 4.78 is 8.82. The molecule has 0 saturated heterocycles. The van der Waals surface area contributed by atoms with Gasteiger partial charge in [-0.3, -0.25) is 14.2 Å². The van der Waals surface area contributed by atoms with Gasteiger partial charge in [0, 0.05) is 24.7 Å². The zero-order valence-electron chi connectivity index (χ0n) is 17.0. The zero-order chi connectivity index (χ0) is 21.3. The quantitative estimate of drug-likeness (QED) is 0.379. The van der Waals surface area contributed by atoms with Crippen LogP contribution in [0.4, 0.5) is 5.69 Å². The number of aryl methyl sites for hydroxylation is 1. The van der Waals surface area contributed by atoms with Gasteiger partial charge in [0.05, 0.1) is 18.4 Å². The van der Waals surface area contributed by atoms with E-state index in [1.54, 1.807) is 11.7 Å². The number of ether oxygens (including phenoxy) is 1. The van der Waals surface area contributed by atoms with Crippen LogP contribution in [0.25, 0.3) is 21.9 Å². The molecule has 0 aliphatic heterocycles. The summed E-state index contributed by atoms with van der Waals surface area (Å²) in [5.41, 5.74) is 2.68. The predicted octanol–water partition coefficient (Wildman–Crippen LogP) is 3.65. The minimum absolute atomic E-state index is 0.119. The molecule has 0 radical (unpaired) electrons. The van der Waals surface area contributed by atoms with Crippen LogP contribution in [-0.2, 0) is 18.4 Å². The Labute approximate surface area is 177 Å². The number of thioether (sulfide) groups is 1. The van der Waals surface area contributed by atoms with Crippen molar-refractivity contribution in [2.75, 3.05) is 18.2 Å². The number of carbonyl (C=O) groups excluding carboxylic acids is 1. The Balaban J connectivity index is 1.73. The van der Waals surface area contributed by atoms with Crippen molar-refractivity contribution >= 4 is 45.3 Å². The second-order valence-electron chi connectivity index (χ2n) is 6.79. The number of nitrogens with one attached hydrogen (secondary N) is 1. The van der Waals surface area contributed by atoms with Crippen LogP contribution in [0.3, 0.4) is 0 Å². The molecule has 8 heteroatoms. The molecule has 154 valence electrons. The van der Waals surface area contributed by atoms with E-state index in [1.165, 1.54) is 11.8 Å². The van der Waals surface area contributed by atoms with Crippen molar-refractivity contribution in [3.05, 3.63) is 58.9 Å². The molecular weight excluding hydrogens is 400 g/mol. The summed E-state index contributed by atoms with van der Waals surface area (Å²) in [6.45, 7) is 2.37. The lowest BCUT2D eigenvalue weighted by molar-refractivity contribution is -0.113. The van der Waals surface area contributed by atoms with E-state index < -0.39 is 0 Å². The molecule has 2 heterocycles. The number of methoxy groups -OCH3 is 1. The molecule has 0 aliphatic rings. The standard InChI is InChI=1S/C22H22N4O3S/c1-4-26-21(28)20-19(16-12-15(29-3)10-11-17(16)25(20)2)24-22(26)30-13-18(27)23-14-8-6-5-7-9-14/h5-12H,4,13H2,1-3H3,(H,23,27). The smallest absolute Gasteiger partial charge is 0.278 e. The molecule has 30 heavy (non-hydrogen) atoms. The third-order valence-corrected chi connectivity index (χ3v) is 5.95. The maximum atomic E-state index is 13.2. The Morgan fingerprint density at radius 3 is 2.67 bits per heavy atom. The summed E-state index contributed by atoms with van der Waals surface area (Å²) in [7, 11) is 3.47. The fourth-order valence-electron chi connectivity index (χ4n) is 3.50. The molecule has 0 aliphatic carbocycles. The number of amides is 1. The van der Waals surface area contributed by atoms with Crippen molar-refractivity contribution in [3.63, 3.8) is 0 Å². The highest BCUT2D eigenvalue weighted by Crippen LogP contribution is 2.30. The lowest BCUT2D eigenvalue weighted by Gasteiger charge is -2.10. The molecule has 7 nitrogen and oxygen atoms in total. The van der Waals surface area contributed by atoms with E-state index in [0.29, 0.717) is 28.5 Å². The fourth-order valence-corrected chi connectivity index (χ4v) is 4.35. The number of hydrogen-bond acceptors (Lipinski definition) is 5. The Kier molecular flexibility index (Phi) is 5.50.